The molecule has 0 aromatic heterocycles. The molecule has 132 valence electrons. The number of ether oxygens (including phenoxy) is 1. The third kappa shape index (κ3) is 39.3. The van der Waals surface area contributed by atoms with Crippen molar-refractivity contribution in [3.8, 4) is 0 Å². The first-order chi connectivity index (χ1) is 9.58. The average molecular weight is 467 g/mol. The molecule has 21 heavy (non-hydrogen) atoms. The Morgan fingerprint density at radius 3 is 1.14 bits per heavy atom. The minimum atomic E-state index is -1.33. The smallest absolute Gasteiger partial charge is 0.332 e. The van der Waals surface area contributed by atoms with Gasteiger partial charge in [0.05, 0.1) is 33.0 Å². The van der Waals surface area contributed by atoms with Crippen LogP contribution in [0, 0.1) is 0 Å². The van der Waals surface area contributed by atoms with Crippen molar-refractivity contribution in [2.75, 3.05) is 50.7 Å². The van der Waals surface area contributed by atoms with Crippen LogP contribution in [-0.2, 0) is 18.3 Å². The van der Waals surface area contributed by atoms with Crippen LogP contribution in [0.2, 0.25) is 0 Å². The predicted octanol–water partition coefficient (Wildman–Crippen LogP) is 6.56. The second-order valence-corrected chi connectivity index (χ2v) is 9.93. The first-order valence-corrected chi connectivity index (χ1v) is 12.1. The molecule has 0 unspecified atom stereocenters. The lowest BCUT2D eigenvalue weighted by atomic mass is 10.9. The summed E-state index contributed by atoms with van der Waals surface area (Å²) in [5.41, 5.74) is 0. The Balaban J connectivity index is -0.000000332. The lowest BCUT2D eigenvalue weighted by molar-refractivity contribution is 0.178. The molecule has 0 atom stereocenters. The quantitative estimate of drug-likeness (QED) is 0.219. The second kappa shape index (κ2) is 24.7. The van der Waals surface area contributed by atoms with Crippen molar-refractivity contribution < 1.29 is 18.3 Å². The van der Waals surface area contributed by atoms with Gasteiger partial charge in [-0.1, -0.05) is 41.1 Å². The van der Waals surface area contributed by atoms with Crippen molar-refractivity contribution in [3.05, 3.63) is 0 Å². The fraction of sp³-hybridized carbons (Fsp3) is 1.00. The summed E-state index contributed by atoms with van der Waals surface area (Å²) in [7, 11) is -1.33. The lowest BCUT2D eigenvalue weighted by Crippen LogP contribution is -2.01. The number of alkyl halides is 3. The second-order valence-electron chi connectivity index (χ2n) is 2.59. The maximum absolute atomic E-state index is 5.44. The summed E-state index contributed by atoms with van der Waals surface area (Å²) in [6, 6.07) is 0. The summed E-state index contributed by atoms with van der Waals surface area (Å²) in [5.74, 6) is 0.0264. The summed E-state index contributed by atoms with van der Waals surface area (Å²) in [4.78, 5) is 0. The zero-order valence-electron chi connectivity index (χ0n) is 10.5. The van der Waals surface area contributed by atoms with Crippen molar-refractivity contribution in [1.29, 1.82) is 0 Å². The van der Waals surface area contributed by atoms with E-state index in [1.807, 2.05) is 0 Å². The minimum absolute atomic E-state index is 0. The van der Waals surface area contributed by atoms with Crippen LogP contribution in [0.15, 0.2) is 0 Å². The van der Waals surface area contributed by atoms with Gasteiger partial charge in [0.1, 0.15) is 0 Å². The van der Waals surface area contributed by atoms with Gasteiger partial charge >= 0.3 is 8.60 Å². The lowest BCUT2D eigenvalue weighted by Gasteiger charge is -2.14. The topological polar surface area (TPSA) is 40.2 Å². The molecule has 0 aromatic carbocycles. The van der Waals surface area contributed by atoms with E-state index in [9.17, 15) is 0 Å². The Morgan fingerprint density at radius 1 is 0.762 bits per heavy atom. The molecule has 0 spiro atoms. The molecule has 1 saturated heterocycles. The van der Waals surface area contributed by atoms with Crippen LogP contribution in [0.4, 0.5) is 0 Å². The van der Waals surface area contributed by atoms with Gasteiger partial charge in [0, 0.05) is 17.6 Å². The fourth-order valence-electron chi connectivity index (χ4n) is 0.439. The standard InChI is InChI=1S/C6H12Cl3O3P.C2H4O.CH4.Cl3P/c7-1-4-10-13(11-5-2-8)12-6-3-9;1-2-3-1;;1-4(2)3/h1-6H2;1-2H2;1H4;. The van der Waals surface area contributed by atoms with E-state index in [4.69, 9.17) is 82.1 Å². The molecule has 1 aliphatic heterocycles. The molecule has 1 fully saturated rings. The summed E-state index contributed by atoms with van der Waals surface area (Å²) in [6.07, 6.45) is 0. The molecular formula is C9H20Cl6O4P2. The predicted molar refractivity (Wildman–Crippen MR) is 99.0 cm³/mol. The molecule has 1 aliphatic rings. The van der Waals surface area contributed by atoms with Gasteiger partial charge in [0.2, 0.25) is 0 Å². The van der Waals surface area contributed by atoms with Crippen molar-refractivity contribution >= 4 is 83.1 Å². The van der Waals surface area contributed by atoms with Crippen LogP contribution >= 0.6 is 83.1 Å². The van der Waals surface area contributed by atoms with Gasteiger partial charge in [0.25, 0.3) is 0 Å². The fourth-order valence-corrected chi connectivity index (χ4v) is 1.94. The third-order valence-corrected chi connectivity index (χ3v) is 2.67. The van der Waals surface area contributed by atoms with Gasteiger partial charge in [-0.05, 0) is 0 Å². The van der Waals surface area contributed by atoms with Crippen LogP contribution < -0.4 is 0 Å². The van der Waals surface area contributed by atoms with Gasteiger partial charge in [-0.25, -0.2) is 0 Å². The van der Waals surface area contributed by atoms with Crippen molar-refractivity contribution in [1.82, 2.24) is 0 Å². The first kappa shape index (κ1) is 28.3. The first-order valence-electron chi connectivity index (χ1n) is 5.30. The zero-order chi connectivity index (χ0) is 15.6. The Hall–Kier alpha value is 2.44. The maximum Gasteiger partial charge on any atom is 0.332 e. The van der Waals surface area contributed by atoms with E-state index in [2.05, 4.69) is 4.74 Å². The number of halogens is 6. The van der Waals surface area contributed by atoms with Gasteiger partial charge in [-0.2, -0.15) is 0 Å². The summed E-state index contributed by atoms with van der Waals surface area (Å²) < 4.78 is 20.0. The highest BCUT2D eigenvalue weighted by Crippen LogP contribution is 2.51. The van der Waals surface area contributed by atoms with Gasteiger partial charge in [0.15, 0.2) is 5.98 Å². The highest BCUT2D eigenvalue weighted by molar-refractivity contribution is 8.20. The molecule has 0 amide bonds. The largest absolute Gasteiger partial charge is 0.377 e. The SMILES string of the molecule is C.C1CO1.ClCCOP(OCCCl)OCCCl.ClP(Cl)Cl. The van der Waals surface area contributed by atoms with E-state index >= 15 is 0 Å². The molecule has 4 nitrogen and oxygen atoms in total. The van der Waals surface area contributed by atoms with Crippen LogP contribution in [0.25, 0.3) is 0 Å². The van der Waals surface area contributed by atoms with E-state index in [-0.39, 0.29) is 7.43 Å². The average Bonchev–Trinajstić information content (AvgIpc) is 3.25. The van der Waals surface area contributed by atoms with Crippen LogP contribution in [0.3, 0.4) is 0 Å². The Kier molecular flexibility index (Phi) is 33.2. The van der Waals surface area contributed by atoms with Gasteiger partial charge in [-0.15, -0.1) is 34.8 Å². The minimum Gasteiger partial charge on any atom is -0.377 e. The molecule has 0 aromatic rings. The maximum atomic E-state index is 5.44. The molecule has 12 heteroatoms. The van der Waals surface area contributed by atoms with Gasteiger partial charge in [-0.3, -0.25) is 0 Å². The Morgan fingerprint density at radius 2 is 1.00 bits per heavy atom. The molecule has 0 N–H and O–H groups in total. The monoisotopic (exact) mass is 464 g/mol. The summed E-state index contributed by atoms with van der Waals surface area (Å²) >= 11 is 30.9. The molecule has 1 heterocycles. The van der Waals surface area contributed by atoms with E-state index < -0.39 is 14.6 Å². The van der Waals surface area contributed by atoms with Crippen LogP contribution in [0.5, 0.6) is 0 Å². The highest BCUT2D eigenvalue weighted by atomic mass is 36.0. The summed E-state index contributed by atoms with van der Waals surface area (Å²) in [5, 5.41) is 0. The Labute approximate surface area is 159 Å². The van der Waals surface area contributed by atoms with E-state index in [0.717, 1.165) is 13.2 Å². The number of hydrogen-bond donors (Lipinski definition) is 0. The molecule has 0 bridgehead atoms. The number of epoxide rings is 1. The normalized spacial score (nSPS) is 12.0. The summed E-state index contributed by atoms with van der Waals surface area (Å²) in [6.45, 7) is 3.20. The zero-order valence-corrected chi connectivity index (χ0v) is 16.8. The molecule has 0 radical (unpaired) electrons. The van der Waals surface area contributed by atoms with Crippen molar-refractivity contribution in [3.63, 3.8) is 0 Å². The third-order valence-electron chi connectivity index (χ3n) is 1.03. The molecule has 1 rings (SSSR count). The van der Waals surface area contributed by atoms with Crippen molar-refractivity contribution in [2.45, 2.75) is 7.43 Å². The number of rotatable bonds is 9. The number of hydrogen-bond acceptors (Lipinski definition) is 4. The van der Waals surface area contributed by atoms with Gasteiger partial charge < -0.3 is 18.3 Å². The Bertz CT molecular complexity index is 160. The molecule has 0 saturated carbocycles. The van der Waals surface area contributed by atoms with Crippen LogP contribution in [0.1, 0.15) is 7.43 Å². The van der Waals surface area contributed by atoms with E-state index in [0.29, 0.717) is 37.5 Å². The van der Waals surface area contributed by atoms with E-state index in [1.165, 1.54) is 0 Å². The molecule has 0 aliphatic carbocycles. The van der Waals surface area contributed by atoms with Crippen LogP contribution in [-0.4, -0.2) is 50.7 Å². The van der Waals surface area contributed by atoms with E-state index in [1.54, 1.807) is 0 Å². The van der Waals surface area contributed by atoms with Crippen molar-refractivity contribution in [2.24, 2.45) is 0 Å². The molecular weight excluding hydrogens is 447 g/mol. The highest BCUT2D eigenvalue weighted by Gasteiger charge is 2.11.